The number of para-hydroxylation sites is 1. The lowest BCUT2D eigenvalue weighted by Crippen LogP contribution is -2.17. The fourth-order valence-electron chi connectivity index (χ4n) is 2.29. The molecule has 3 N–H and O–H groups in total. The first-order valence-corrected chi connectivity index (χ1v) is 7.51. The number of aromatic carboxylic acids is 1. The zero-order valence-corrected chi connectivity index (χ0v) is 11.5. The van der Waals surface area contributed by atoms with E-state index in [0.717, 1.165) is 5.39 Å². The van der Waals surface area contributed by atoms with Crippen LogP contribution in [0.3, 0.4) is 0 Å². The van der Waals surface area contributed by atoms with Gasteiger partial charge in [-0.2, -0.15) is 0 Å². The molecule has 0 unspecified atom stereocenters. The number of carboxylic acid groups (broad SMARTS) is 1. The van der Waals surface area contributed by atoms with Crippen LogP contribution in [0.15, 0.2) is 47.4 Å². The maximum atomic E-state index is 11.6. The number of rotatable bonds is 2. The summed E-state index contributed by atoms with van der Waals surface area (Å²) in [7, 11) is -4.13. The molecular weight excluding hydrogens is 292 g/mol. The second-order valence-corrected chi connectivity index (χ2v) is 6.07. The maximum absolute atomic E-state index is 11.6. The number of primary sulfonamides is 1. The number of aromatic nitrogens is 1. The van der Waals surface area contributed by atoms with E-state index in [4.69, 9.17) is 5.14 Å². The summed E-state index contributed by atoms with van der Waals surface area (Å²) in [5, 5.41) is 15.4. The normalized spacial score (nSPS) is 11.9. The number of fused-ring (bicyclic) bond motifs is 2. The quantitative estimate of drug-likeness (QED) is 0.700. The molecular formula is C14H10N2O4S. The van der Waals surface area contributed by atoms with Gasteiger partial charge in [0.1, 0.15) is 0 Å². The van der Waals surface area contributed by atoms with E-state index in [-0.39, 0.29) is 10.9 Å². The molecule has 0 bridgehead atoms. The Morgan fingerprint density at radius 3 is 2.48 bits per heavy atom. The topological polar surface area (TPSA) is 110 Å². The van der Waals surface area contributed by atoms with Gasteiger partial charge in [-0.15, -0.1) is 0 Å². The summed E-state index contributed by atoms with van der Waals surface area (Å²) >= 11 is 0. The molecule has 0 aliphatic heterocycles. The highest BCUT2D eigenvalue weighted by Gasteiger charge is 2.22. The molecule has 1 heterocycles. The zero-order chi connectivity index (χ0) is 15.2. The van der Waals surface area contributed by atoms with Gasteiger partial charge in [0.05, 0.1) is 21.5 Å². The Labute approximate surface area is 119 Å². The van der Waals surface area contributed by atoms with E-state index in [9.17, 15) is 18.3 Å². The first-order chi connectivity index (χ1) is 9.88. The van der Waals surface area contributed by atoms with Crippen LogP contribution in [-0.2, 0) is 10.0 Å². The second kappa shape index (κ2) is 4.51. The minimum absolute atomic E-state index is 0.243. The summed E-state index contributed by atoms with van der Waals surface area (Å²) in [6.07, 6.45) is 0. The molecule has 7 heteroatoms. The summed E-state index contributed by atoms with van der Waals surface area (Å²) < 4.78 is 23.1. The monoisotopic (exact) mass is 302 g/mol. The van der Waals surface area contributed by atoms with Crippen molar-refractivity contribution in [1.29, 1.82) is 0 Å². The number of hydrogen-bond donors (Lipinski definition) is 2. The molecule has 0 amide bonds. The van der Waals surface area contributed by atoms with Gasteiger partial charge in [-0.3, -0.25) is 0 Å². The van der Waals surface area contributed by atoms with Crippen LogP contribution in [0.4, 0.5) is 0 Å². The van der Waals surface area contributed by atoms with Gasteiger partial charge < -0.3 is 5.11 Å². The van der Waals surface area contributed by atoms with Crippen LogP contribution >= 0.6 is 0 Å². The molecule has 0 atom stereocenters. The predicted octanol–water partition coefficient (Wildman–Crippen LogP) is 1.73. The molecule has 0 saturated carbocycles. The van der Waals surface area contributed by atoms with Crippen LogP contribution in [0.1, 0.15) is 10.4 Å². The van der Waals surface area contributed by atoms with Crippen molar-refractivity contribution in [2.45, 2.75) is 4.90 Å². The number of sulfonamides is 1. The van der Waals surface area contributed by atoms with E-state index in [1.807, 2.05) is 6.07 Å². The second-order valence-electron chi connectivity index (χ2n) is 4.54. The van der Waals surface area contributed by atoms with E-state index >= 15 is 0 Å². The van der Waals surface area contributed by atoms with Gasteiger partial charge >= 0.3 is 5.97 Å². The summed E-state index contributed by atoms with van der Waals surface area (Å²) in [6.45, 7) is 0. The van der Waals surface area contributed by atoms with Crippen LogP contribution in [0.5, 0.6) is 0 Å². The first kappa shape index (κ1) is 13.5. The minimum Gasteiger partial charge on any atom is -0.478 e. The van der Waals surface area contributed by atoms with Crippen LogP contribution in [0.2, 0.25) is 0 Å². The molecule has 3 rings (SSSR count). The smallest absolute Gasteiger partial charge is 0.337 e. The van der Waals surface area contributed by atoms with E-state index in [1.165, 1.54) is 12.1 Å². The van der Waals surface area contributed by atoms with Crippen LogP contribution < -0.4 is 5.14 Å². The molecule has 0 aliphatic rings. The first-order valence-electron chi connectivity index (χ1n) is 5.96. The molecule has 6 nitrogen and oxygen atoms in total. The number of carbonyl (C=O) groups is 1. The molecule has 0 spiro atoms. The Bertz CT molecular complexity index is 996. The Morgan fingerprint density at radius 2 is 1.81 bits per heavy atom. The summed E-state index contributed by atoms with van der Waals surface area (Å²) in [5.41, 5.74) is 0.747. The highest BCUT2D eigenvalue weighted by molar-refractivity contribution is 7.89. The molecule has 0 radical (unpaired) electrons. The highest BCUT2D eigenvalue weighted by atomic mass is 32.2. The Hall–Kier alpha value is -2.51. The predicted molar refractivity (Wildman–Crippen MR) is 77.6 cm³/mol. The lowest BCUT2D eigenvalue weighted by Gasteiger charge is -2.08. The number of benzene rings is 2. The largest absolute Gasteiger partial charge is 0.478 e. The minimum atomic E-state index is -4.13. The van der Waals surface area contributed by atoms with Gasteiger partial charge in [0, 0.05) is 10.8 Å². The van der Waals surface area contributed by atoms with Gasteiger partial charge in [0.25, 0.3) is 0 Å². The number of carboxylic acids is 1. The average molecular weight is 302 g/mol. The lowest BCUT2D eigenvalue weighted by atomic mass is 10.1. The van der Waals surface area contributed by atoms with Crippen molar-refractivity contribution in [3.63, 3.8) is 0 Å². The van der Waals surface area contributed by atoms with Crippen molar-refractivity contribution in [1.82, 2.24) is 4.98 Å². The number of hydrogen-bond acceptors (Lipinski definition) is 4. The molecule has 0 fully saturated rings. The van der Waals surface area contributed by atoms with E-state index in [2.05, 4.69) is 4.98 Å². The van der Waals surface area contributed by atoms with Gasteiger partial charge in [-0.1, -0.05) is 18.2 Å². The van der Waals surface area contributed by atoms with Gasteiger partial charge in [-0.25, -0.2) is 23.3 Å². The Balaban J connectivity index is 2.53. The fraction of sp³-hybridized carbons (Fsp3) is 0. The Kier molecular flexibility index (Phi) is 2.89. The average Bonchev–Trinajstić information content (AvgIpc) is 2.42. The third kappa shape index (κ3) is 2.22. The van der Waals surface area contributed by atoms with Gasteiger partial charge in [-0.05, 0) is 24.3 Å². The molecule has 1 aromatic heterocycles. The van der Waals surface area contributed by atoms with Gasteiger partial charge in [0.15, 0.2) is 0 Å². The van der Waals surface area contributed by atoms with Gasteiger partial charge in [0.2, 0.25) is 10.0 Å². The van der Waals surface area contributed by atoms with Crippen LogP contribution in [0, 0.1) is 0 Å². The molecule has 3 aromatic rings. The molecule has 0 saturated heterocycles. The van der Waals surface area contributed by atoms with Crippen LogP contribution in [-0.4, -0.2) is 24.5 Å². The molecule has 2 aromatic carbocycles. The van der Waals surface area contributed by atoms with Crippen molar-refractivity contribution < 1.29 is 18.3 Å². The summed E-state index contributed by atoms with van der Waals surface area (Å²) in [4.78, 5) is 15.4. The fourth-order valence-corrected chi connectivity index (χ4v) is 3.03. The molecule has 0 aliphatic carbocycles. The van der Waals surface area contributed by atoms with E-state index in [1.54, 1.807) is 24.3 Å². The van der Waals surface area contributed by atoms with E-state index in [0.29, 0.717) is 11.0 Å². The highest BCUT2D eigenvalue weighted by Crippen LogP contribution is 2.27. The molecule has 106 valence electrons. The third-order valence-electron chi connectivity index (χ3n) is 3.18. The number of pyridine rings is 1. The third-order valence-corrected chi connectivity index (χ3v) is 4.14. The number of nitrogens with zero attached hydrogens (tertiary/aromatic N) is 1. The maximum Gasteiger partial charge on any atom is 0.337 e. The molecule has 21 heavy (non-hydrogen) atoms. The summed E-state index contributed by atoms with van der Waals surface area (Å²) in [5.74, 6) is -1.36. The Morgan fingerprint density at radius 1 is 1.10 bits per heavy atom. The standard InChI is InChI=1S/C14H10N2O4S/c15-21(19,20)12-6-5-11-9(13(12)14(17)18)7-8-3-1-2-4-10(8)16-11/h1-7H,(H,17,18)(H2,15,19,20). The zero-order valence-electron chi connectivity index (χ0n) is 10.6. The van der Waals surface area contributed by atoms with Crippen molar-refractivity contribution in [3.05, 3.63) is 48.0 Å². The summed E-state index contributed by atoms with van der Waals surface area (Å²) in [6, 6.07) is 11.4. The SMILES string of the molecule is NS(=O)(=O)c1ccc2nc3ccccc3cc2c1C(=O)O. The van der Waals surface area contributed by atoms with Crippen molar-refractivity contribution in [2.75, 3.05) is 0 Å². The van der Waals surface area contributed by atoms with Crippen LogP contribution in [0.25, 0.3) is 21.8 Å². The van der Waals surface area contributed by atoms with Crippen molar-refractivity contribution in [3.8, 4) is 0 Å². The van der Waals surface area contributed by atoms with Crippen molar-refractivity contribution in [2.24, 2.45) is 5.14 Å². The van der Waals surface area contributed by atoms with E-state index < -0.39 is 20.9 Å². The number of nitrogens with two attached hydrogens (primary N) is 1. The van der Waals surface area contributed by atoms with Crippen molar-refractivity contribution >= 4 is 37.8 Å². The lowest BCUT2D eigenvalue weighted by molar-refractivity contribution is 0.0695.